The summed E-state index contributed by atoms with van der Waals surface area (Å²) in [6, 6.07) is 17.3. The van der Waals surface area contributed by atoms with Crippen molar-refractivity contribution in [1.82, 2.24) is 9.80 Å². The summed E-state index contributed by atoms with van der Waals surface area (Å²) in [5.74, 6) is 0.526. The zero-order chi connectivity index (χ0) is 22.9. The average molecular weight is 455 g/mol. The third-order valence-electron chi connectivity index (χ3n) is 5.95. The third-order valence-corrected chi connectivity index (χ3v) is 6.31. The summed E-state index contributed by atoms with van der Waals surface area (Å²) in [6.45, 7) is 11.0. The van der Waals surface area contributed by atoms with Crippen molar-refractivity contribution in [2.24, 2.45) is 0 Å². The number of benzene rings is 2. The minimum absolute atomic E-state index is 0.526. The summed E-state index contributed by atoms with van der Waals surface area (Å²) >= 11 is 5.85. The molecule has 0 saturated carbocycles. The van der Waals surface area contributed by atoms with Crippen LogP contribution in [0.15, 0.2) is 48.5 Å². The van der Waals surface area contributed by atoms with E-state index in [2.05, 4.69) is 96.5 Å². The van der Waals surface area contributed by atoms with Crippen LogP contribution in [-0.4, -0.2) is 68.4 Å². The molecule has 1 heterocycles. The van der Waals surface area contributed by atoms with E-state index in [-0.39, 0.29) is 0 Å². The van der Waals surface area contributed by atoms with E-state index in [0.717, 1.165) is 63.2 Å². The molecule has 1 aliphatic rings. The fourth-order valence-corrected chi connectivity index (χ4v) is 4.11. The van der Waals surface area contributed by atoms with Crippen molar-refractivity contribution >= 4 is 28.7 Å². The van der Waals surface area contributed by atoms with Crippen LogP contribution >= 0.6 is 12.2 Å². The summed E-state index contributed by atoms with van der Waals surface area (Å²) in [6.07, 6.45) is 1.07. The molecule has 0 aromatic heterocycles. The van der Waals surface area contributed by atoms with Crippen molar-refractivity contribution in [3.8, 4) is 0 Å². The highest BCUT2D eigenvalue weighted by atomic mass is 32.1. The van der Waals surface area contributed by atoms with Gasteiger partial charge in [-0.25, -0.2) is 0 Å². The number of nitrogens with one attached hydrogen (secondary N) is 1. The predicted octanol–water partition coefficient (Wildman–Crippen LogP) is 4.80. The number of morpholine rings is 1. The van der Waals surface area contributed by atoms with Crippen LogP contribution in [0.25, 0.3) is 0 Å². The lowest BCUT2D eigenvalue weighted by molar-refractivity contribution is 0.0368. The quantitative estimate of drug-likeness (QED) is 0.548. The van der Waals surface area contributed by atoms with Crippen LogP contribution in [0.2, 0.25) is 0 Å². The third kappa shape index (κ3) is 7.47. The molecule has 1 fully saturated rings. The number of nitrogens with zero attached hydrogens (tertiary/aromatic N) is 3. The van der Waals surface area contributed by atoms with Crippen LogP contribution in [0.1, 0.15) is 37.3 Å². The minimum Gasteiger partial charge on any atom is -0.379 e. The Labute approximate surface area is 199 Å². The van der Waals surface area contributed by atoms with Crippen molar-refractivity contribution in [3.63, 3.8) is 0 Å². The second-order valence-electron chi connectivity index (χ2n) is 9.00. The maximum absolute atomic E-state index is 5.85. The van der Waals surface area contributed by atoms with Crippen molar-refractivity contribution in [1.29, 1.82) is 0 Å². The fourth-order valence-electron chi connectivity index (χ4n) is 3.84. The predicted molar refractivity (Wildman–Crippen MR) is 140 cm³/mol. The van der Waals surface area contributed by atoms with Gasteiger partial charge >= 0.3 is 0 Å². The summed E-state index contributed by atoms with van der Waals surface area (Å²) < 4.78 is 5.47. The molecule has 3 rings (SSSR count). The van der Waals surface area contributed by atoms with E-state index in [0.29, 0.717) is 5.92 Å². The number of ether oxygens (including phenoxy) is 1. The molecule has 0 atom stereocenters. The summed E-state index contributed by atoms with van der Waals surface area (Å²) in [4.78, 5) is 6.89. The average Bonchev–Trinajstić information content (AvgIpc) is 2.79. The molecule has 0 bridgehead atoms. The first-order valence-corrected chi connectivity index (χ1v) is 12.1. The Morgan fingerprint density at radius 1 is 1.03 bits per heavy atom. The Balaban J connectivity index is 1.64. The van der Waals surface area contributed by atoms with E-state index in [1.807, 2.05) is 0 Å². The van der Waals surface area contributed by atoms with Gasteiger partial charge in [-0.05, 0) is 59.9 Å². The monoisotopic (exact) mass is 454 g/mol. The lowest BCUT2D eigenvalue weighted by Crippen LogP contribution is -2.40. The van der Waals surface area contributed by atoms with Crippen LogP contribution in [-0.2, 0) is 11.3 Å². The summed E-state index contributed by atoms with van der Waals surface area (Å²) in [5.41, 5.74) is 4.85. The van der Waals surface area contributed by atoms with Gasteiger partial charge in [-0.2, -0.15) is 0 Å². The van der Waals surface area contributed by atoms with Crippen molar-refractivity contribution in [2.45, 2.75) is 32.7 Å². The zero-order valence-corrected chi connectivity index (χ0v) is 20.8. The van der Waals surface area contributed by atoms with Crippen LogP contribution in [0, 0.1) is 0 Å². The van der Waals surface area contributed by atoms with E-state index >= 15 is 0 Å². The van der Waals surface area contributed by atoms with E-state index in [4.69, 9.17) is 17.0 Å². The van der Waals surface area contributed by atoms with E-state index < -0.39 is 0 Å². The highest BCUT2D eigenvalue weighted by Crippen LogP contribution is 2.19. The molecule has 5 nitrogen and oxygen atoms in total. The van der Waals surface area contributed by atoms with E-state index in [1.165, 1.54) is 16.8 Å². The number of hydrogen-bond donors (Lipinski definition) is 1. The molecule has 1 N–H and O–H groups in total. The van der Waals surface area contributed by atoms with Gasteiger partial charge < -0.3 is 19.9 Å². The molecule has 0 spiro atoms. The second kappa shape index (κ2) is 12.2. The highest BCUT2D eigenvalue weighted by molar-refractivity contribution is 7.80. The van der Waals surface area contributed by atoms with Gasteiger partial charge in [0.25, 0.3) is 0 Å². The first kappa shape index (κ1) is 24.5. The SMILES string of the molecule is CC(C)c1ccc(NC(=S)N(CCCN2CCOCC2)Cc2ccc(N(C)C)cc2)cc1. The van der Waals surface area contributed by atoms with Crippen molar-refractivity contribution in [3.05, 3.63) is 59.7 Å². The molecule has 1 saturated heterocycles. The number of hydrogen-bond acceptors (Lipinski definition) is 4. The molecule has 0 radical (unpaired) electrons. The van der Waals surface area contributed by atoms with Gasteiger partial charge in [0.15, 0.2) is 5.11 Å². The Hall–Kier alpha value is -2.15. The molecular weight excluding hydrogens is 416 g/mol. The molecule has 0 unspecified atom stereocenters. The smallest absolute Gasteiger partial charge is 0.173 e. The van der Waals surface area contributed by atoms with Crippen molar-refractivity contribution in [2.75, 3.05) is 63.7 Å². The van der Waals surface area contributed by atoms with Crippen LogP contribution in [0.4, 0.5) is 11.4 Å². The number of thiocarbonyl (C=S) groups is 1. The van der Waals surface area contributed by atoms with Crippen LogP contribution in [0.3, 0.4) is 0 Å². The zero-order valence-electron chi connectivity index (χ0n) is 20.0. The molecule has 6 heteroatoms. The van der Waals surface area contributed by atoms with Gasteiger partial charge in [-0.15, -0.1) is 0 Å². The Kier molecular flexibility index (Phi) is 9.33. The highest BCUT2D eigenvalue weighted by Gasteiger charge is 2.14. The second-order valence-corrected chi connectivity index (χ2v) is 9.38. The fraction of sp³-hybridized carbons (Fsp3) is 0.500. The van der Waals surface area contributed by atoms with Gasteiger partial charge in [-0.1, -0.05) is 38.1 Å². The lowest BCUT2D eigenvalue weighted by Gasteiger charge is -2.30. The Morgan fingerprint density at radius 2 is 1.69 bits per heavy atom. The molecule has 1 aliphatic heterocycles. The topological polar surface area (TPSA) is 31.0 Å². The van der Waals surface area contributed by atoms with E-state index in [9.17, 15) is 0 Å². The molecule has 2 aromatic carbocycles. The Bertz CT molecular complexity index is 830. The van der Waals surface area contributed by atoms with Crippen LogP contribution < -0.4 is 10.2 Å². The standard InChI is InChI=1S/C26H38N4OS/c1-21(2)23-8-10-24(11-9-23)27-26(32)30(15-5-14-29-16-18-31-19-17-29)20-22-6-12-25(13-7-22)28(3)4/h6-13,21H,5,14-20H2,1-4H3,(H,27,32). The molecule has 0 aliphatic carbocycles. The van der Waals surface area contributed by atoms with Gasteiger partial charge in [0.2, 0.25) is 0 Å². The molecular formula is C26H38N4OS. The maximum atomic E-state index is 5.85. The number of rotatable bonds is 9. The first-order valence-electron chi connectivity index (χ1n) is 11.6. The maximum Gasteiger partial charge on any atom is 0.173 e. The summed E-state index contributed by atoms with van der Waals surface area (Å²) in [5, 5.41) is 4.24. The van der Waals surface area contributed by atoms with Crippen LogP contribution in [0.5, 0.6) is 0 Å². The largest absolute Gasteiger partial charge is 0.379 e. The van der Waals surface area contributed by atoms with Crippen molar-refractivity contribution < 1.29 is 4.74 Å². The van der Waals surface area contributed by atoms with Gasteiger partial charge in [0.1, 0.15) is 0 Å². The lowest BCUT2D eigenvalue weighted by atomic mass is 10.0. The van der Waals surface area contributed by atoms with Gasteiger partial charge in [0, 0.05) is 58.2 Å². The molecule has 0 amide bonds. The molecule has 2 aromatic rings. The van der Waals surface area contributed by atoms with E-state index in [1.54, 1.807) is 0 Å². The molecule has 32 heavy (non-hydrogen) atoms. The normalized spacial score (nSPS) is 14.4. The van der Waals surface area contributed by atoms with Gasteiger partial charge in [-0.3, -0.25) is 4.90 Å². The molecule has 174 valence electrons. The van der Waals surface area contributed by atoms with Gasteiger partial charge in [0.05, 0.1) is 13.2 Å². The Morgan fingerprint density at radius 3 is 2.28 bits per heavy atom. The number of anilines is 2. The minimum atomic E-state index is 0.526. The first-order chi connectivity index (χ1) is 15.4. The summed E-state index contributed by atoms with van der Waals surface area (Å²) in [7, 11) is 4.13.